The molecule has 0 atom stereocenters. The van der Waals surface area contributed by atoms with Crippen molar-refractivity contribution in [2.24, 2.45) is 0 Å². The van der Waals surface area contributed by atoms with Crippen molar-refractivity contribution in [1.29, 1.82) is 0 Å². The molecule has 1 amide bonds. The van der Waals surface area contributed by atoms with Gasteiger partial charge in [0.05, 0.1) is 11.4 Å². The quantitative estimate of drug-likeness (QED) is 0.508. The molecule has 0 aliphatic carbocycles. The van der Waals surface area contributed by atoms with Gasteiger partial charge in [0.25, 0.3) is 11.5 Å². The molecule has 0 spiro atoms. The molecule has 0 fully saturated rings. The van der Waals surface area contributed by atoms with Crippen LogP contribution < -0.4 is 10.9 Å². The Hall–Kier alpha value is -3.51. The molecule has 1 N–H and O–H groups in total. The summed E-state index contributed by atoms with van der Waals surface area (Å²) in [6.45, 7) is 0.472. The molecule has 0 aliphatic heterocycles. The highest BCUT2D eigenvalue weighted by atomic mass is 32.1. The lowest BCUT2D eigenvalue weighted by atomic mass is 10.2. The molecule has 0 saturated carbocycles. The lowest BCUT2D eigenvalue weighted by Gasteiger charge is -2.07. The molecule has 0 bridgehead atoms. The zero-order chi connectivity index (χ0) is 20.2. The van der Waals surface area contributed by atoms with Crippen LogP contribution in [0.3, 0.4) is 0 Å². The highest BCUT2D eigenvalue weighted by Crippen LogP contribution is 2.28. The molecule has 2 aromatic heterocycles. The molecular weight excluding hydrogens is 387 g/mol. The van der Waals surface area contributed by atoms with Crippen LogP contribution in [0, 0.1) is 5.82 Å². The first-order valence-corrected chi connectivity index (χ1v) is 9.82. The summed E-state index contributed by atoms with van der Waals surface area (Å²) in [5.74, 6) is -0.487. The van der Waals surface area contributed by atoms with Crippen molar-refractivity contribution < 1.29 is 9.18 Å². The lowest BCUT2D eigenvalue weighted by molar-refractivity contribution is 0.103. The summed E-state index contributed by atoms with van der Waals surface area (Å²) >= 11 is 1.35. The Balaban J connectivity index is 1.43. The highest BCUT2D eigenvalue weighted by molar-refractivity contribution is 7.17. The van der Waals surface area contributed by atoms with Crippen molar-refractivity contribution in [3.63, 3.8) is 0 Å². The number of halogens is 1. The molecule has 29 heavy (non-hydrogen) atoms. The third kappa shape index (κ3) is 4.50. The summed E-state index contributed by atoms with van der Waals surface area (Å²) in [5.41, 5.74) is 2.46. The molecule has 0 radical (unpaired) electrons. The van der Waals surface area contributed by atoms with Crippen molar-refractivity contribution in [2.75, 3.05) is 5.32 Å². The predicted molar refractivity (Wildman–Crippen MR) is 114 cm³/mol. The van der Waals surface area contributed by atoms with Crippen molar-refractivity contribution in [3.05, 3.63) is 112 Å². The fraction of sp³-hybridized carbons (Fsp3) is 0.0435. The molecule has 6 heteroatoms. The molecule has 0 unspecified atom stereocenters. The number of thiophene rings is 1. The zero-order valence-electron chi connectivity index (χ0n) is 15.3. The minimum absolute atomic E-state index is 0.0560. The number of carbonyl (C=O) groups is 1. The Kier molecular flexibility index (Phi) is 5.35. The third-order valence-electron chi connectivity index (χ3n) is 4.42. The van der Waals surface area contributed by atoms with Gasteiger partial charge in [0.1, 0.15) is 5.82 Å². The van der Waals surface area contributed by atoms with Gasteiger partial charge in [0, 0.05) is 22.8 Å². The number of aromatic nitrogens is 1. The summed E-state index contributed by atoms with van der Waals surface area (Å²) in [4.78, 5) is 25.8. The van der Waals surface area contributed by atoms with Crippen LogP contribution in [0.1, 0.15) is 15.2 Å². The van der Waals surface area contributed by atoms with E-state index in [0.29, 0.717) is 17.1 Å². The van der Waals surface area contributed by atoms with Crippen molar-refractivity contribution in [1.82, 2.24) is 4.57 Å². The van der Waals surface area contributed by atoms with Gasteiger partial charge < -0.3 is 9.88 Å². The van der Waals surface area contributed by atoms with Crippen molar-refractivity contribution in [3.8, 4) is 10.4 Å². The van der Waals surface area contributed by atoms with Gasteiger partial charge >= 0.3 is 0 Å². The number of hydrogen-bond acceptors (Lipinski definition) is 3. The Bertz CT molecular complexity index is 1190. The molecular formula is C23H17FN2O2S. The summed E-state index contributed by atoms with van der Waals surface area (Å²) in [6.07, 6.45) is 1.74. The topological polar surface area (TPSA) is 51.1 Å². The van der Waals surface area contributed by atoms with Gasteiger partial charge in [-0.2, -0.15) is 0 Å². The van der Waals surface area contributed by atoms with Crippen LogP contribution >= 0.6 is 11.3 Å². The van der Waals surface area contributed by atoms with E-state index < -0.39 is 0 Å². The van der Waals surface area contributed by atoms with E-state index in [2.05, 4.69) is 5.32 Å². The maximum absolute atomic E-state index is 13.1. The van der Waals surface area contributed by atoms with Crippen LogP contribution in [0.25, 0.3) is 10.4 Å². The molecule has 144 valence electrons. The molecule has 2 heterocycles. The number of carbonyl (C=O) groups excluding carboxylic acids is 1. The highest BCUT2D eigenvalue weighted by Gasteiger charge is 2.11. The van der Waals surface area contributed by atoms with Crippen LogP contribution in [-0.4, -0.2) is 10.5 Å². The van der Waals surface area contributed by atoms with Crippen LogP contribution in [0.2, 0.25) is 0 Å². The summed E-state index contributed by atoms with van der Waals surface area (Å²) in [7, 11) is 0. The van der Waals surface area contributed by atoms with E-state index in [9.17, 15) is 14.0 Å². The predicted octanol–water partition coefficient (Wildman–Crippen LogP) is 5.02. The first-order chi connectivity index (χ1) is 14.1. The number of amides is 1. The number of rotatable bonds is 5. The Morgan fingerprint density at radius 3 is 2.41 bits per heavy atom. The van der Waals surface area contributed by atoms with E-state index in [1.807, 2.05) is 36.4 Å². The standard InChI is InChI=1S/C23H17FN2O2S/c24-18-8-6-17(7-9-18)20-12-13-21(29-20)23(28)25-19-10-4-16(5-11-19)15-26-14-2-1-3-22(26)27/h1-14H,15H2,(H,25,28). The maximum atomic E-state index is 13.1. The van der Waals surface area contributed by atoms with E-state index in [1.54, 1.807) is 35.0 Å². The molecule has 4 rings (SSSR count). The fourth-order valence-electron chi connectivity index (χ4n) is 2.90. The average molecular weight is 404 g/mol. The molecule has 0 saturated heterocycles. The Labute approximate surface area is 170 Å². The molecule has 4 aromatic rings. The van der Waals surface area contributed by atoms with Crippen LogP contribution in [0.5, 0.6) is 0 Å². The smallest absolute Gasteiger partial charge is 0.265 e. The number of hydrogen-bond donors (Lipinski definition) is 1. The van der Waals surface area contributed by atoms with Gasteiger partial charge in [-0.25, -0.2) is 4.39 Å². The number of benzene rings is 2. The van der Waals surface area contributed by atoms with Crippen molar-refractivity contribution >= 4 is 22.9 Å². The van der Waals surface area contributed by atoms with E-state index >= 15 is 0 Å². The van der Waals surface area contributed by atoms with Gasteiger partial charge in [-0.05, 0) is 53.6 Å². The second-order valence-electron chi connectivity index (χ2n) is 6.49. The van der Waals surface area contributed by atoms with Crippen molar-refractivity contribution in [2.45, 2.75) is 6.54 Å². The Morgan fingerprint density at radius 1 is 0.931 bits per heavy atom. The number of pyridine rings is 1. The van der Waals surface area contributed by atoms with E-state index in [-0.39, 0.29) is 17.3 Å². The summed E-state index contributed by atoms with van der Waals surface area (Å²) in [6, 6.07) is 22.3. The summed E-state index contributed by atoms with van der Waals surface area (Å²) in [5, 5.41) is 2.88. The lowest BCUT2D eigenvalue weighted by Crippen LogP contribution is -2.18. The SMILES string of the molecule is O=C(Nc1ccc(Cn2ccccc2=O)cc1)c1ccc(-c2ccc(F)cc2)s1. The van der Waals surface area contributed by atoms with E-state index in [4.69, 9.17) is 0 Å². The second-order valence-corrected chi connectivity index (χ2v) is 7.57. The normalized spacial score (nSPS) is 10.7. The van der Waals surface area contributed by atoms with E-state index in [1.165, 1.54) is 29.5 Å². The Morgan fingerprint density at radius 2 is 1.69 bits per heavy atom. The average Bonchev–Trinajstić information content (AvgIpc) is 3.22. The molecule has 0 aliphatic rings. The third-order valence-corrected chi connectivity index (χ3v) is 5.56. The van der Waals surface area contributed by atoms with Gasteiger partial charge in [-0.1, -0.05) is 30.3 Å². The summed E-state index contributed by atoms with van der Waals surface area (Å²) < 4.78 is 14.7. The first kappa shape index (κ1) is 18.8. The minimum atomic E-state index is -0.288. The fourth-order valence-corrected chi connectivity index (χ4v) is 3.81. The number of nitrogens with zero attached hydrogens (tertiary/aromatic N) is 1. The first-order valence-electron chi connectivity index (χ1n) is 9.00. The van der Waals surface area contributed by atoms with Crippen LogP contribution in [-0.2, 0) is 6.54 Å². The maximum Gasteiger partial charge on any atom is 0.265 e. The largest absolute Gasteiger partial charge is 0.321 e. The number of anilines is 1. The minimum Gasteiger partial charge on any atom is -0.321 e. The second kappa shape index (κ2) is 8.24. The monoisotopic (exact) mass is 404 g/mol. The van der Waals surface area contributed by atoms with Crippen LogP contribution in [0.15, 0.2) is 89.9 Å². The molecule has 4 nitrogen and oxygen atoms in total. The zero-order valence-corrected chi connectivity index (χ0v) is 16.2. The van der Waals surface area contributed by atoms with Gasteiger partial charge in [0.2, 0.25) is 0 Å². The van der Waals surface area contributed by atoms with Gasteiger partial charge in [-0.15, -0.1) is 11.3 Å². The molecule has 2 aromatic carbocycles. The number of nitrogens with one attached hydrogen (secondary N) is 1. The van der Waals surface area contributed by atoms with Crippen LogP contribution in [0.4, 0.5) is 10.1 Å². The van der Waals surface area contributed by atoms with E-state index in [0.717, 1.165) is 16.0 Å². The van der Waals surface area contributed by atoms with Gasteiger partial charge in [-0.3, -0.25) is 9.59 Å². The van der Waals surface area contributed by atoms with Gasteiger partial charge in [0.15, 0.2) is 0 Å².